The van der Waals surface area contributed by atoms with Gasteiger partial charge in [-0.3, -0.25) is 0 Å². The van der Waals surface area contributed by atoms with E-state index in [1.54, 1.807) is 0 Å². The lowest BCUT2D eigenvalue weighted by Gasteiger charge is -2.05. The second kappa shape index (κ2) is 5.70. The Labute approximate surface area is 90.5 Å². The van der Waals surface area contributed by atoms with Crippen LogP contribution in [-0.2, 0) is 6.54 Å². The third kappa shape index (κ3) is 3.41. The molecule has 0 bridgehead atoms. The molecule has 0 radical (unpaired) electrons. The Hall–Kier alpha value is -0.970. The molecule has 1 aromatic rings. The summed E-state index contributed by atoms with van der Waals surface area (Å²) >= 11 is 5.86. The molecule has 0 aliphatic heterocycles. The van der Waals surface area contributed by atoms with Gasteiger partial charge in [0.15, 0.2) is 0 Å². The van der Waals surface area contributed by atoms with Gasteiger partial charge in [0, 0.05) is 11.6 Å². The average Bonchev–Trinajstić information content (AvgIpc) is 2.15. The molecule has 1 nitrogen and oxygen atoms in total. The summed E-state index contributed by atoms with van der Waals surface area (Å²) in [5, 5.41) is 4.04. The Balaban J connectivity index is 2.53. The van der Waals surface area contributed by atoms with E-state index >= 15 is 0 Å². The molecule has 1 aromatic carbocycles. The van der Waals surface area contributed by atoms with E-state index in [0.29, 0.717) is 0 Å². The maximum Gasteiger partial charge on any atom is 0.0579 e. The van der Waals surface area contributed by atoms with E-state index in [-0.39, 0.29) is 0 Å². The molecule has 0 fully saturated rings. The summed E-state index contributed by atoms with van der Waals surface area (Å²) in [7, 11) is 0. The van der Waals surface area contributed by atoms with Gasteiger partial charge in [0.2, 0.25) is 0 Å². The molecule has 0 spiro atoms. The van der Waals surface area contributed by atoms with Crippen molar-refractivity contribution in [3.8, 4) is 11.8 Å². The molecule has 0 aliphatic rings. The predicted molar refractivity (Wildman–Crippen MR) is 61.3 cm³/mol. The number of aryl methyl sites for hydroxylation is 1. The fourth-order valence-corrected chi connectivity index (χ4v) is 1.43. The van der Waals surface area contributed by atoms with Gasteiger partial charge in [0.25, 0.3) is 0 Å². The van der Waals surface area contributed by atoms with Crippen LogP contribution in [0, 0.1) is 18.8 Å². The van der Waals surface area contributed by atoms with Crippen molar-refractivity contribution in [3.05, 3.63) is 34.3 Å². The molecule has 74 valence electrons. The minimum absolute atomic E-state index is 0.735. The quantitative estimate of drug-likeness (QED) is 0.594. The molecule has 2 heteroatoms. The van der Waals surface area contributed by atoms with Crippen molar-refractivity contribution in [3.63, 3.8) is 0 Å². The second-order valence-electron chi connectivity index (χ2n) is 3.10. The highest BCUT2D eigenvalue weighted by atomic mass is 35.5. The van der Waals surface area contributed by atoms with Gasteiger partial charge in [-0.15, -0.1) is 5.92 Å². The van der Waals surface area contributed by atoms with Gasteiger partial charge in [-0.2, -0.15) is 0 Å². The number of rotatable bonds is 3. The van der Waals surface area contributed by atoms with E-state index in [9.17, 15) is 0 Å². The van der Waals surface area contributed by atoms with Crippen molar-refractivity contribution in [2.24, 2.45) is 0 Å². The molecule has 0 saturated carbocycles. The van der Waals surface area contributed by atoms with Crippen molar-refractivity contribution in [1.82, 2.24) is 5.32 Å². The largest absolute Gasteiger partial charge is 0.302 e. The predicted octanol–water partition coefficient (Wildman–Crippen LogP) is 2.76. The summed E-state index contributed by atoms with van der Waals surface area (Å²) in [5.41, 5.74) is 2.49. The Kier molecular flexibility index (Phi) is 4.52. The highest BCUT2D eigenvalue weighted by Crippen LogP contribution is 2.14. The standard InChI is InChI=1S/C12H14ClN/c1-3-4-7-14-9-11-5-6-12(13)8-10(11)2/h5-6,8,14H,7,9H2,1-2H3. The second-order valence-corrected chi connectivity index (χ2v) is 3.54. The van der Waals surface area contributed by atoms with Gasteiger partial charge < -0.3 is 5.32 Å². The van der Waals surface area contributed by atoms with Gasteiger partial charge in [0.05, 0.1) is 6.54 Å². The molecule has 1 N–H and O–H groups in total. The van der Waals surface area contributed by atoms with E-state index < -0.39 is 0 Å². The van der Waals surface area contributed by atoms with E-state index in [1.165, 1.54) is 11.1 Å². The minimum atomic E-state index is 0.735. The van der Waals surface area contributed by atoms with Crippen LogP contribution in [0.1, 0.15) is 18.1 Å². The number of hydrogen-bond donors (Lipinski definition) is 1. The first-order valence-electron chi connectivity index (χ1n) is 4.59. The molecule has 14 heavy (non-hydrogen) atoms. The van der Waals surface area contributed by atoms with Crippen molar-refractivity contribution in [1.29, 1.82) is 0 Å². The van der Waals surface area contributed by atoms with Crippen molar-refractivity contribution < 1.29 is 0 Å². The fraction of sp³-hybridized carbons (Fsp3) is 0.333. The van der Waals surface area contributed by atoms with Crippen LogP contribution in [0.2, 0.25) is 5.02 Å². The van der Waals surface area contributed by atoms with Crippen LogP contribution in [0.25, 0.3) is 0 Å². The highest BCUT2D eigenvalue weighted by Gasteiger charge is 1.97. The third-order valence-corrected chi connectivity index (χ3v) is 2.25. The van der Waals surface area contributed by atoms with E-state index in [4.69, 9.17) is 11.6 Å². The van der Waals surface area contributed by atoms with E-state index in [2.05, 4.69) is 24.1 Å². The third-order valence-electron chi connectivity index (χ3n) is 2.01. The number of halogens is 1. The number of hydrogen-bond acceptors (Lipinski definition) is 1. The molecule has 0 saturated heterocycles. The van der Waals surface area contributed by atoms with Crippen molar-refractivity contribution in [2.45, 2.75) is 20.4 Å². The first kappa shape index (κ1) is 11.1. The summed E-state index contributed by atoms with van der Waals surface area (Å²) < 4.78 is 0. The van der Waals surface area contributed by atoms with Crippen LogP contribution >= 0.6 is 11.6 Å². The normalized spacial score (nSPS) is 9.36. The van der Waals surface area contributed by atoms with Crippen LogP contribution < -0.4 is 5.32 Å². The maximum atomic E-state index is 5.86. The van der Waals surface area contributed by atoms with E-state index in [0.717, 1.165) is 18.1 Å². The van der Waals surface area contributed by atoms with Gasteiger partial charge in [-0.25, -0.2) is 0 Å². The lowest BCUT2D eigenvalue weighted by Crippen LogP contribution is -2.13. The summed E-state index contributed by atoms with van der Waals surface area (Å²) in [6.07, 6.45) is 0. The zero-order valence-electron chi connectivity index (χ0n) is 8.52. The Morgan fingerprint density at radius 1 is 1.43 bits per heavy atom. The molecular weight excluding hydrogens is 194 g/mol. The number of benzene rings is 1. The topological polar surface area (TPSA) is 12.0 Å². The Morgan fingerprint density at radius 3 is 2.86 bits per heavy atom. The minimum Gasteiger partial charge on any atom is -0.302 e. The molecule has 0 amide bonds. The summed E-state index contributed by atoms with van der Waals surface area (Å²) in [5.74, 6) is 5.81. The summed E-state index contributed by atoms with van der Waals surface area (Å²) in [6, 6.07) is 5.94. The lowest BCUT2D eigenvalue weighted by molar-refractivity contribution is 0.765. The molecule has 1 rings (SSSR count). The lowest BCUT2D eigenvalue weighted by atomic mass is 10.1. The summed E-state index contributed by atoms with van der Waals surface area (Å²) in [6.45, 7) is 5.49. The number of nitrogens with one attached hydrogen (secondary N) is 1. The Morgan fingerprint density at radius 2 is 2.21 bits per heavy atom. The van der Waals surface area contributed by atoms with Crippen LogP contribution in [0.3, 0.4) is 0 Å². The van der Waals surface area contributed by atoms with Gasteiger partial charge >= 0.3 is 0 Å². The molecule has 0 unspecified atom stereocenters. The van der Waals surface area contributed by atoms with Crippen LogP contribution in [0.4, 0.5) is 0 Å². The van der Waals surface area contributed by atoms with Crippen LogP contribution in [-0.4, -0.2) is 6.54 Å². The van der Waals surface area contributed by atoms with Gasteiger partial charge in [0.1, 0.15) is 0 Å². The first-order valence-corrected chi connectivity index (χ1v) is 4.97. The smallest absolute Gasteiger partial charge is 0.0579 e. The first-order chi connectivity index (χ1) is 6.74. The molecule has 0 atom stereocenters. The van der Waals surface area contributed by atoms with E-state index in [1.807, 2.05) is 25.1 Å². The van der Waals surface area contributed by atoms with Crippen LogP contribution in [0.5, 0.6) is 0 Å². The van der Waals surface area contributed by atoms with Gasteiger partial charge in [-0.1, -0.05) is 23.6 Å². The van der Waals surface area contributed by atoms with Gasteiger partial charge in [-0.05, 0) is 37.1 Å². The monoisotopic (exact) mass is 207 g/mol. The Bertz CT molecular complexity index is 360. The zero-order chi connectivity index (χ0) is 10.4. The van der Waals surface area contributed by atoms with Crippen molar-refractivity contribution >= 4 is 11.6 Å². The molecule has 0 aromatic heterocycles. The molecular formula is C12H14ClN. The molecule has 0 heterocycles. The maximum absolute atomic E-state index is 5.86. The highest BCUT2D eigenvalue weighted by molar-refractivity contribution is 6.30. The molecule has 0 aliphatic carbocycles. The summed E-state index contributed by atoms with van der Waals surface area (Å²) in [4.78, 5) is 0. The average molecular weight is 208 g/mol. The van der Waals surface area contributed by atoms with Crippen LogP contribution in [0.15, 0.2) is 18.2 Å². The SMILES string of the molecule is CC#CCNCc1ccc(Cl)cc1C. The zero-order valence-corrected chi connectivity index (χ0v) is 9.28. The fourth-order valence-electron chi connectivity index (χ4n) is 1.21. The van der Waals surface area contributed by atoms with Crippen molar-refractivity contribution in [2.75, 3.05) is 6.54 Å².